The Balaban J connectivity index is 0.000000471. The standard InChI is InChI=1S/C15H23N3O5.C8H7N/c1-10(2)6-11(7-13(19)18-22)15(21)17-9-14(20)16-8-12-4-3-5-23-12;1-7-2-4-8(6-9)5-3-7/h3-5,10-11,22H,6-9H2,1-2H3,(H,16,20)(H,17,21)(H,18,19);2-5H,1H3. The van der Waals surface area contributed by atoms with E-state index in [2.05, 4.69) is 16.7 Å². The zero-order valence-corrected chi connectivity index (χ0v) is 18.6. The summed E-state index contributed by atoms with van der Waals surface area (Å²) >= 11 is 0. The van der Waals surface area contributed by atoms with E-state index in [0.717, 1.165) is 5.56 Å². The van der Waals surface area contributed by atoms with Crippen molar-refractivity contribution in [2.75, 3.05) is 6.54 Å². The zero-order valence-electron chi connectivity index (χ0n) is 18.6. The number of hydrogen-bond donors (Lipinski definition) is 4. The summed E-state index contributed by atoms with van der Waals surface area (Å²) < 4.78 is 5.08. The molecule has 1 heterocycles. The average Bonchev–Trinajstić information content (AvgIpc) is 3.30. The van der Waals surface area contributed by atoms with E-state index in [1.807, 2.05) is 45.0 Å². The number of carbonyl (C=O) groups is 3. The quantitative estimate of drug-likeness (QED) is 0.347. The van der Waals surface area contributed by atoms with Gasteiger partial charge in [-0.15, -0.1) is 0 Å². The Labute approximate surface area is 187 Å². The van der Waals surface area contributed by atoms with Crippen LogP contribution in [0.3, 0.4) is 0 Å². The van der Waals surface area contributed by atoms with Crippen molar-refractivity contribution in [3.63, 3.8) is 0 Å². The fourth-order valence-electron chi connectivity index (χ4n) is 2.72. The van der Waals surface area contributed by atoms with Gasteiger partial charge < -0.3 is 15.1 Å². The Kier molecular flexibility index (Phi) is 11.9. The van der Waals surface area contributed by atoms with E-state index in [1.165, 1.54) is 17.3 Å². The molecule has 2 rings (SSSR count). The fourth-order valence-corrected chi connectivity index (χ4v) is 2.72. The van der Waals surface area contributed by atoms with Gasteiger partial charge >= 0.3 is 0 Å². The van der Waals surface area contributed by atoms with E-state index >= 15 is 0 Å². The molecule has 0 bridgehead atoms. The Morgan fingerprint density at radius 2 is 1.78 bits per heavy atom. The van der Waals surface area contributed by atoms with E-state index in [-0.39, 0.29) is 31.3 Å². The second-order valence-electron chi connectivity index (χ2n) is 7.62. The summed E-state index contributed by atoms with van der Waals surface area (Å²) in [5, 5.41) is 22.1. The molecule has 0 aliphatic heterocycles. The van der Waals surface area contributed by atoms with Gasteiger partial charge in [-0.05, 0) is 43.5 Å². The molecule has 9 nitrogen and oxygen atoms in total. The van der Waals surface area contributed by atoms with Crippen LogP contribution in [0, 0.1) is 30.1 Å². The minimum Gasteiger partial charge on any atom is -0.467 e. The third-order valence-electron chi connectivity index (χ3n) is 4.33. The zero-order chi connectivity index (χ0) is 23.9. The molecular formula is C23H30N4O5. The van der Waals surface area contributed by atoms with Gasteiger partial charge in [0.25, 0.3) is 0 Å². The Morgan fingerprint density at radius 1 is 1.09 bits per heavy atom. The number of carbonyl (C=O) groups excluding carboxylic acids is 3. The molecule has 172 valence electrons. The second-order valence-corrected chi connectivity index (χ2v) is 7.62. The molecule has 1 unspecified atom stereocenters. The Morgan fingerprint density at radius 3 is 2.31 bits per heavy atom. The number of aryl methyl sites for hydroxylation is 1. The number of nitriles is 1. The maximum absolute atomic E-state index is 12.1. The van der Waals surface area contributed by atoms with Gasteiger partial charge in [-0.1, -0.05) is 31.5 Å². The highest BCUT2D eigenvalue weighted by molar-refractivity contribution is 5.88. The molecule has 1 atom stereocenters. The van der Waals surface area contributed by atoms with Crippen molar-refractivity contribution < 1.29 is 24.0 Å². The first-order chi connectivity index (χ1) is 15.2. The summed E-state index contributed by atoms with van der Waals surface area (Å²) in [5.74, 6) is -1.17. The van der Waals surface area contributed by atoms with Gasteiger partial charge in [0, 0.05) is 12.3 Å². The van der Waals surface area contributed by atoms with Crippen LogP contribution in [-0.2, 0) is 20.9 Å². The summed E-state index contributed by atoms with van der Waals surface area (Å²) in [5.41, 5.74) is 3.43. The molecule has 0 aliphatic rings. The molecule has 0 fully saturated rings. The number of nitrogens with zero attached hydrogens (tertiary/aromatic N) is 1. The van der Waals surface area contributed by atoms with Crippen molar-refractivity contribution in [3.05, 3.63) is 59.5 Å². The van der Waals surface area contributed by atoms with Crippen molar-refractivity contribution in [1.29, 1.82) is 5.26 Å². The van der Waals surface area contributed by atoms with Crippen molar-refractivity contribution in [3.8, 4) is 6.07 Å². The number of furan rings is 1. The molecule has 1 aromatic carbocycles. The van der Waals surface area contributed by atoms with Crippen LogP contribution in [0.1, 0.15) is 43.6 Å². The summed E-state index contributed by atoms with van der Waals surface area (Å²) in [6, 6.07) is 13.0. The Hall–Kier alpha value is -3.64. The monoisotopic (exact) mass is 442 g/mol. The van der Waals surface area contributed by atoms with Crippen molar-refractivity contribution in [2.45, 2.75) is 40.2 Å². The number of rotatable bonds is 9. The Bertz CT molecular complexity index is 886. The fraction of sp³-hybridized carbons (Fsp3) is 0.391. The van der Waals surface area contributed by atoms with Crippen molar-refractivity contribution in [1.82, 2.24) is 16.1 Å². The summed E-state index contributed by atoms with van der Waals surface area (Å²) in [6.45, 7) is 5.90. The number of hydroxylamine groups is 1. The van der Waals surface area contributed by atoms with Gasteiger partial charge in [-0.2, -0.15) is 5.26 Å². The van der Waals surface area contributed by atoms with Crippen LogP contribution >= 0.6 is 0 Å². The van der Waals surface area contributed by atoms with E-state index in [0.29, 0.717) is 12.2 Å². The number of benzene rings is 1. The third-order valence-corrected chi connectivity index (χ3v) is 4.33. The number of hydrogen-bond acceptors (Lipinski definition) is 6. The highest BCUT2D eigenvalue weighted by atomic mass is 16.5. The van der Waals surface area contributed by atoms with Gasteiger partial charge in [-0.25, -0.2) is 5.48 Å². The summed E-state index contributed by atoms with van der Waals surface area (Å²) in [6.07, 6.45) is 1.85. The number of amides is 3. The first kappa shape index (κ1) is 26.4. The van der Waals surface area contributed by atoms with E-state index in [9.17, 15) is 14.4 Å². The van der Waals surface area contributed by atoms with Crippen molar-refractivity contribution in [2.24, 2.45) is 11.8 Å². The van der Waals surface area contributed by atoms with Gasteiger partial charge in [0.05, 0.1) is 31.0 Å². The molecule has 2 aromatic rings. The molecule has 0 aliphatic carbocycles. The molecule has 0 radical (unpaired) electrons. The average molecular weight is 443 g/mol. The van der Waals surface area contributed by atoms with Gasteiger partial charge in [0.15, 0.2) is 0 Å². The predicted octanol–water partition coefficient (Wildman–Crippen LogP) is 2.44. The van der Waals surface area contributed by atoms with Crippen molar-refractivity contribution >= 4 is 17.7 Å². The van der Waals surface area contributed by atoms with E-state index in [4.69, 9.17) is 14.9 Å². The second kappa shape index (κ2) is 14.4. The summed E-state index contributed by atoms with van der Waals surface area (Å²) in [7, 11) is 0. The molecule has 32 heavy (non-hydrogen) atoms. The first-order valence-corrected chi connectivity index (χ1v) is 10.2. The SMILES string of the molecule is CC(C)CC(CC(=O)NO)C(=O)NCC(=O)NCc1ccco1.Cc1ccc(C#N)cc1. The smallest absolute Gasteiger partial charge is 0.244 e. The van der Waals surface area contributed by atoms with Crippen LogP contribution < -0.4 is 16.1 Å². The van der Waals surface area contributed by atoms with Gasteiger partial charge in [-0.3, -0.25) is 19.6 Å². The molecule has 9 heteroatoms. The van der Waals surface area contributed by atoms with Crippen LogP contribution in [0.25, 0.3) is 0 Å². The minimum atomic E-state index is -0.631. The maximum Gasteiger partial charge on any atom is 0.244 e. The van der Waals surface area contributed by atoms with Gasteiger partial charge in [0.1, 0.15) is 5.76 Å². The molecule has 4 N–H and O–H groups in total. The predicted molar refractivity (Wildman–Crippen MR) is 117 cm³/mol. The largest absolute Gasteiger partial charge is 0.467 e. The lowest BCUT2D eigenvalue weighted by atomic mass is 9.93. The third kappa shape index (κ3) is 10.9. The van der Waals surface area contributed by atoms with E-state index < -0.39 is 17.7 Å². The minimum absolute atomic E-state index is 0.130. The lowest BCUT2D eigenvalue weighted by Gasteiger charge is -2.17. The highest BCUT2D eigenvalue weighted by Crippen LogP contribution is 2.15. The van der Waals surface area contributed by atoms with Crippen LogP contribution in [0.2, 0.25) is 0 Å². The molecular weight excluding hydrogens is 412 g/mol. The topological polar surface area (TPSA) is 144 Å². The maximum atomic E-state index is 12.1. The molecule has 0 spiro atoms. The molecule has 0 saturated carbocycles. The molecule has 0 saturated heterocycles. The van der Waals surface area contributed by atoms with Crippen LogP contribution in [0.4, 0.5) is 0 Å². The highest BCUT2D eigenvalue weighted by Gasteiger charge is 2.23. The van der Waals surface area contributed by atoms with Crippen LogP contribution in [0.5, 0.6) is 0 Å². The summed E-state index contributed by atoms with van der Waals surface area (Å²) in [4.78, 5) is 35.0. The van der Waals surface area contributed by atoms with Gasteiger partial charge in [0.2, 0.25) is 17.7 Å². The first-order valence-electron chi connectivity index (χ1n) is 10.2. The molecule has 1 aromatic heterocycles. The van der Waals surface area contributed by atoms with E-state index in [1.54, 1.807) is 12.1 Å². The normalized spacial score (nSPS) is 10.9. The lowest BCUT2D eigenvalue weighted by molar-refractivity contribution is -0.135. The number of nitrogens with one attached hydrogen (secondary N) is 3. The molecule has 3 amide bonds. The van der Waals surface area contributed by atoms with Crippen LogP contribution in [-0.4, -0.2) is 29.5 Å². The van der Waals surface area contributed by atoms with Crippen LogP contribution in [0.15, 0.2) is 47.1 Å². The lowest BCUT2D eigenvalue weighted by Crippen LogP contribution is -2.40.